The average Bonchev–Trinajstić information content (AvgIpc) is 3.00. The van der Waals surface area contributed by atoms with Crippen molar-refractivity contribution in [1.29, 1.82) is 0 Å². The van der Waals surface area contributed by atoms with Crippen LogP contribution in [-0.4, -0.2) is 17.6 Å². The maximum absolute atomic E-state index is 14.5. The molecular formula is C17H21ClFN3O2. The molecule has 0 fully saturated rings. The number of halogens is 2. The van der Waals surface area contributed by atoms with E-state index >= 15 is 0 Å². The van der Waals surface area contributed by atoms with Crippen molar-refractivity contribution >= 4 is 24.0 Å². The number of amides is 1. The highest BCUT2D eigenvalue weighted by molar-refractivity contribution is 6.03. The molecule has 0 unspecified atom stereocenters. The monoisotopic (exact) mass is 353 g/mol. The van der Waals surface area contributed by atoms with Crippen molar-refractivity contribution < 1.29 is 13.7 Å². The molecule has 0 spiro atoms. The molecule has 24 heavy (non-hydrogen) atoms. The maximum atomic E-state index is 14.5. The minimum atomic E-state index is -0.475. The van der Waals surface area contributed by atoms with Crippen molar-refractivity contribution in [3.63, 3.8) is 0 Å². The molecule has 1 aliphatic rings. The number of rotatable bonds is 2. The third-order valence-corrected chi connectivity index (χ3v) is 3.94. The van der Waals surface area contributed by atoms with Crippen molar-refractivity contribution in [2.45, 2.75) is 39.2 Å². The van der Waals surface area contributed by atoms with Gasteiger partial charge in [-0.2, -0.15) is 0 Å². The number of hydrogen-bond acceptors (Lipinski definition) is 4. The smallest absolute Gasteiger partial charge is 0.277 e. The van der Waals surface area contributed by atoms with Crippen LogP contribution in [0.5, 0.6) is 0 Å². The molecule has 0 aliphatic carbocycles. The van der Waals surface area contributed by atoms with Gasteiger partial charge in [-0.1, -0.05) is 32.0 Å². The summed E-state index contributed by atoms with van der Waals surface area (Å²) >= 11 is 0. The number of aromatic nitrogens is 1. The highest BCUT2D eigenvalue weighted by Crippen LogP contribution is 2.26. The largest absolute Gasteiger partial charge is 0.360 e. The normalized spacial score (nSPS) is 13.8. The first-order valence-electron chi connectivity index (χ1n) is 7.66. The van der Waals surface area contributed by atoms with Crippen LogP contribution in [0.3, 0.4) is 0 Å². The average molecular weight is 354 g/mol. The minimum absolute atomic E-state index is 0. The quantitative estimate of drug-likeness (QED) is 0.868. The van der Waals surface area contributed by atoms with E-state index in [1.54, 1.807) is 12.1 Å². The van der Waals surface area contributed by atoms with Crippen molar-refractivity contribution in [3.8, 4) is 0 Å². The van der Waals surface area contributed by atoms with Gasteiger partial charge in [-0.3, -0.25) is 4.79 Å². The molecule has 1 amide bonds. The Balaban J connectivity index is 0.00000208. The lowest BCUT2D eigenvalue weighted by Crippen LogP contribution is -2.25. The summed E-state index contributed by atoms with van der Waals surface area (Å²) in [4.78, 5) is 12.3. The second kappa shape index (κ2) is 6.91. The molecule has 2 aromatic rings. The molecule has 130 valence electrons. The molecule has 0 saturated carbocycles. The molecule has 2 heterocycles. The molecule has 0 bridgehead atoms. The number of hydrogen-bond donors (Lipinski definition) is 2. The first kappa shape index (κ1) is 18.4. The van der Waals surface area contributed by atoms with Crippen LogP contribution in [0.1, 0.15) is 48.1 Å². The van der Waals surface area contributed by atoms with Crippen LogP contribution in [0.2, 0.25) is 0 Å². The zero-order valence-corrected chi connectivity index (χ0v) is 14.7. The fourth-order valence-electron chi connectivity index (χ4n) is 2.55. The zero-order valence-electron chi connectivity index (χ0n) is 13.9. The molecule has 5 nitrogen and oxygen atoms in total. The highest BCUT2D eigenvalue weighted by atomic mass is 35.5. The van der Waals surface area contributed by atoms with Gasteiger partial charge in [-0.05, 0) is 30.2 Å². The van der Waals surface area contributed by atoms with E-state index in [1.807, 2.05) is 26.8 Å². The SMILES string of the molecule is CC(C)(C)c1cc(C(=O)Nc2ccc3c(c2F)CCNC3)no1.Cl. The van der Waals surface area contributed by atoms with Gasteiger partial charge in [0.2, 0.25) is 0 Å². The fraction of sp³-hybridized carbons (Fsp3) is 0.412. The second-order valence-electron chi connectivity index (χ2n) is 6.77. The molecular weight excluding hydrogens is 333 g/mol. The van der Waals surface area contributed by atoms with Crippen molar-refractivity contribution in [1.82, 2.24) is 10.5 Å². The highest BCUT2D eigenvalue weighted by Gasteiger charge is 2.23. The summed E-state index contributed by atoms with van der Waals surface area (Å²) < 4.78 is 19.7. The van der Waals surface area contributed by atoms with Crippen LogP contribution in [0, 0.1) is 5.82 Å². The van der Waals surface area contributed by atoms with Crippen molar-refractivity contribution in [2.75, 3.05) is 11.9 Å². The van der Waals surface area contributed by atoms with Gasteiger partial charge in [0.1, 0.15) is 11.6 Å². The predicted octanol–water partition coefficient (Wildman–Crippen LogP) is 3.43. The van der Waals surface area contributed by atoms with Gasteiger partial charge in [0, 0.05) is 18.0 Å². The fourth-order valence-corrected chi connectivity index (χ4v) is 2.55. The lowest BCUT2D eigenvalue weighted by atomic mass is 9.93. The van der Waals surface area contributed by atoms with Gasteiger partial charge < -0.3 is 15.2 Å². The number of benzene rings is 1. The van der Waals surface area contributed by atoms with Gasteiger partial charge in [0.25, 0.3) is 5.91 Å². The van der Waals surface area contributed by atoms with E-state index in [2.05, 4.69) is 15.8 Å². The van der Waals surface area contributed by atoms with Crippen LogP contribution in [0.4, 0.5) is 10.1 Å². The molecule has 1 aliphatic heterocycles. The number of carbonyl (C=O) groups excluding carboxylic acids is 1. The van der Waals surface area contributed by atoms with E-state index in [0.29, 0.717) is 24.3 Å². The number of carbonyl (C=O) groups is 1. The number of nitrogens with zero attached hydrogens (tertiary/aromatic N) is 1. The molecule has 3 rings (SSSR count). The number of fused-ring (bicyclic) bond motifs is 1. The Morgan fingerprint density at radius 2 is 2.12 bits per heavy atom. The standard InChI is InChI=1S/C17H20FN3O2.ClH/c1-17(2,3)14-8-13(21-23-14)16(22)20-12-5-4-10-9-19-7-6-11(10)15(12)18;/h4-5,8,19H,6-7,9H2,1-3H3,(H,20,22);1H. The van der Waals surface area contributed by atoms with Crippen molar-refractivity contribution in [2.24, 2.45) is 0 Å². The first-order chi connectivity index (χ1) is 10.9. The molecule has 7 heteroatoms. The number of nitrogens with one attached hydrogen (secondary N) is 2. The third-order valence-electron chi connectivity index (χ3n) is 3.94. The molecule has 2 N–H and O–H groups in total. The minimum Gasteiger partial charge on any atom is -0.360 e. The van der Waals surface area contributed by atoms with E-state index in [0.717, 1.165) is 12.1 Å². The Morgan fingerprint density at radius 3 is 2.79 bits per heavy atom. The number of anilines is 1. The van der Waals surface area contributed by atoms with E-state index in [9.17, 15) is 9.18 Å². The maximum Gasteiger partial charge on any atom is 0.277 e. The summed E-state index contributed by atoms with van der Waals surface area (Å²) in [6, 6.07) is 5.02. The Morgan fingerprint density at radius 1 is 1.38 bits per heavy atom. The Labute approximate surface area is 146 Å². The predicted molar refractivity (Wildman–Crippen MR) is 92.2 cm³/mol. The topological polar surface area (TPSA) is 67.2 Å². The lowest BCUT2D eigenvalue weighted by molar-refractivity contribution is 0.101. The van der Waals surface area contributed by atoms with Crippen LogP contribution in [0.15, 0.2) is 22.7 Å². The first-order valence-corrected chi connectivity index (χ1v) is 7.66. The van der Waals surface area contributed by atoms with Crippen LogP contribution in [-0.2, 0) is 18.4 Å². The summed E-state index contributed by atoms with van der Waals surface area (Å²) in [5.74, 6) is -0.228. The van der Waals surface area contributed by atoms with Crippen LogP contribution < -0.4 is 10.6 Å². The van der Waals surface area contributed by atoms with Crippen LogP contribution >= 0.6 is 12.4 Å². The summed E-state index contributed by atoms with van der Waals surface area (Å²) in [7, 11) is 0. The lowest BCUT2D eigenvalue weighted by Gasteiger charge is -2.19. The molecule has 1 aromatic heterocycles. The third kappa shape index (κ3) is 3.60. The molecule has 0 radical (unpaired) electrons. The summed E-state index contributed by atoms with van der Waals surface area (Å²) in [6.07, 6.45) is 0.614. The Bertz CT molecular complexity index is 753. The van der Waals surface area contributed by atoms with Gasteiger partial charge >= 0.3 is 0 Å². The second-order valence-corrected chi connectivity index (χ2v) is 6.77. The van der Waals surface area contributed by atoms with Crippen LogP contribution in [0.25, 0.3) is 0 Å². The summed E-state index contributed by atoms with van der Waals surface area (Å²) in [6.45, 7) is 7.28. The van der Waals surface area contributed by atoms with Gasteiger partial charge in [0.05, 0.1) is 5.69 Å². The molecule has 0 atom stereocenters. The van der Waals surface area contributed by atoms with E-state index in [1.165, 1.54) is 0 Å². The zero-order chi connectivity index (χ0) is 16.6. The molecule has 1 aromatic carbocycles. The van der Waals surface area contributed by atoms with E-state index in [4.69, 9.17) is 4.52 Å². The van der Waals surface area contributed by atoms with Gasteiger partial charge in [0.15, 0.2) is 5.69 Å². The molecule has 0 saturated heterocycles. The Hall–Kier alpha value is -1.92. The summed E-state index contributed by atoms with van der Waals surface area (Å²) in [5.41, 5.74) is 1.68. The van der Waals surface area contributed by atoms with E-state index in [-0.39, 0.29) is 35.0 Å². The van der Waals surface area contributed by atoms with Crippen molar-refractivity contribution in [3.05, 3.63) is 46.6 Å². The van der Waals surface area contributed by atoms with E-state index < -0.39 is 5.91 Å². The Kier molecular flexibility index (Phi) is 5.30. The van der Waals surface area contributed by atoms with Gasteiger partial charge in [-0.15, -0.1) is 12.4 Å². The van der Waals surface area contributed by atoms with Gasteiger partial charge in [-0.25, -0.2) is 4.39 Å². The summed E-state index contributed by atoms with van der Waals surface area (Å²) in [5, 5.41) is 9.56.